The molecule has 0 aromatic carbocycles. The minimum Gasteiger partial charge on any atom is -0.283 e. The average molecular weight is 110 g/mol. The van der Waals surface area contributed by atoms with Crippen molar-refractivity contribution in [1.82, 2.24) is 10.2 Å². The van der Waals surface area contributed by atoms with E-state index in [0.29, 0.717) is 0 Å². The molecule has 1 N–H and O–H groups in total. The SMILES string of the molecule is CCc1cn[nH]c1C. The van der Waals surface area contributed by atoms with Crippen molar-refractivity contribution in [3.63, 3.8) is 0 Å². The molecule has 0 radical (unpaired) electrons. The molecule has 8 heavy (non-hydrogen) atoms. The molecule has 0 bridgehead atoms. The minimum absolute atomic E-state index is 1.07. The summed E-state index contributed by atoms with van der Waals surface area (Å²) in [6.45, 7) is 4.16. The van der Waals surface area contributed by atoms with Crippen LogP contribution in [-0.2, 0) is 6.42 Å². The number of aryl methyl sites for hydroxylation is 2. The van der Waals surface area contributed by atoms with Crippen LogP contribution < -0.4 is 0 Å². The van der Waals surface area contributed by atoms with E-state index in [1.165, 1.54) is 11.3 Å². The Kier molecular flexibility index (Phi) is 1.33. The first-order chi connectivity index (χ1) is 3.84. The van der Waals surface area contributed by atoms with E-state index in [9.17, 15) is 0 Å². The molecule has 0 spiro atoms. The van der Waals surface area contributed by atoms with Crippen LogP contribution in [0.1, 0.15) is 18.2 Å². The number of H-pyrrole nitrogens is 1. The lowest BCUT2D eigenvalue weighted by molar-refractivity contribution is 1.04. The molecular formula is C6H10N2. The van der Waals surface area contributed by atoms with Gasteiger partial charge in [0.1, 0.15) is 0 Å². The van der Waals surface area contributed by atoms with Crippen molar-refractivity contribution in [2.75, 3.05) is 0 Å². The van der Waals surface area contributed by atoms with Crippen LogP contribution in [0.3, 0.4) is 0 Å². The summed E-state index contributed by atoms with van der Waals surface area (Å²) in [5.74, 6) is 0. The molecule has 1 aromatic heterocycles. The topological polar surface area (TPSA) is 28.7 Å². The molecule has 0 saturated carbocycles. The number of nitrogens with one attached hydrogen (secondary N) is 1. The molecule has 0 aliphatic heterocycles. The first kappa shape index (κ1) is 5.35. The molecule has 0 amide bonds. The highest BCUT2D eigenvalue weighted by Gasteiger charge is 1.92. The third-order valence-corrected chi connectivity index (χ3v) is 1.32. The number of aromatic nitrogens is 2. The van der Waals surface area contributed by atoms with Crippen molar-refractivity contribution < 1.29 is 0 Å². The summed E-state index contributed by atoms with van der Waals surface area (Å²) in [7, 11) is 0. The standard InChI is InChI=1S/C6H10N2/c1-3-6-4-7-8-5(6)2/h4H,3H2,1-2H3,(H,7,8). The highest BCUT2D eigenvalue weighted by molar-refractivity contribution is 5.13. The van der Waals surface area contributed by atoms with Gasteiger partial charge in [-0.1, -0.05) is 6.92 Å². The van der Waals surface area contributed by atoms with Crippen LogP contribution in [0.5, 0.6) is 0 Å². The Hall–Kier alpha value is -0.790. The smallest absolute Gasteiger partial charge is 0.0521 e. The number of hydrogen-bond acceptors (Lipinski definition) is 1. The van der Waals surface area contributed by atoms with E-state index in [1.807, 2.05) is 13.1 Å². The van der Waals surface area contributed by atoms with Gasteiger partial charge in [-0.15, -0.1) is 0 Å². The molecule has 44 valence electrons. The molecule has 2 nitrogen and oxygen atoms in total. The predicted octanol–water partition coefficient (Wildman–Crippen LogP) is 1.28. The van der Waals surface area contributed by atoms with E-state index >= 15 is 0 Å². The Balaban J connectivity index is 2.92. The highest BCUT2D eigenvalue weighted by atomic mass is 15.1. The maximum absolute atomic E-state index is 3.87. The fourth-order valence-corrected chi connectivity index (χ4v) is 0.732. The first-order valence-electron chi connectivity index (χ1n) is 2.83. The van der Waals surface area contributed by atoms with Gasteiger partial charge in [0.05, 0.1) is 6.20 Å². The maximum Gasteiger partial charge on any atom is 0.0521 e. The van der Waals surface area contributed by atoms with Gasteiger partial charge in [-0.05, 0) is 18.9 Å². The van der Waals surface area contributed by atoms with Crippen LogP contribution in [0, 0.1) is 6.92 Å². The quantitative estimate of drug-likeness (QED) is 0.579. The largest absolute Gasteiger partial charge is 0.283 e. The third kappa shape index (κ3) is 0.735. The lowest BCUT2D eigenvalue weighted by Crippen LogP contribution is -1.78. The Bertz CT molecular complexity index is 167. The van der Waals surface area contributed by atoms with Gasteiger partial charge in [-0.2, -0.15) is 5.10 Å². The summed E-state index contributed by atoms with van der Waals surface area (Å²) in [4.78, 5) is 0. The van der Waals surface area contributed by atoms with E-state index in [4.69, 9.17) is 0 Å². The van der Waals surface area contributed by atoms with E-state index in [1.54, 1.807) is 0 Å². The number of rotatable bonds is 1. The molecule has 1 heterocycles. The Morgan fingerprint density at radius 3 is 2.75 bits per heavy atom. The molecule has 2 heteroatoms. The van der Waals surface area contributed by atoms with Crippen LogP contribution >= 0.6 is 0 Å². The van der Waals surface area contributed by atoms with Crippen molar-refractivity contribution in [2.24, 2.45) is 0 Å². The number of aromatic amines is 1. The normalized spacial score (nSPS) is 9.75. The second-order valence-electron chi connectivity index (χ2n) is 1.87. The van der Waals surface area contributed by atoms with E-state index in [2.05, 4.69) is 17.1 Å². The minimum atomic E-state index is 1.07. The zero-order valence-electron chi connectivity index (χ0n) is 5.23. The van der Waals surface area contributed by atoms with Crippen LogP contribution in [0.15, 0.2) is 6.20 Å². The summed E-state index contributed by atoms with van der Waals surface area (Å²) in [6.07, 6.45) is 2.94. The lowest BCUT2D eigenvalue weighted by atomic mass is 10.2. The van der Waals surface area contributed by atoms with Gasteiger partial charge in [0.2, 0.25) is 0 Å². The second kappa shape index (κ2) is 1.99. The van der Waals surface area contributed by atoms with Crippen molar-refractivity contribution in [3.05, 3.63) is 17.5 Å². The van der Waals surface area contributed by atoms with Gasteiger partial charge in [0, 0.05) is 5.69 Å². The molecule has 0 saturated heterocycles. The monoisotopic (exact) mass is 110 g/mol. The lowest BCUT2D eigenvalue weighted by Gasteiger charge is -1.86. The van der Waals surface area contributed by atoms with Crippen LogP contribution in [0.4, 0.5) is 0 Å². The second-order valence-corrected chi connectivity index (χ2v) is 1.87. The van der Waals surface area contributed by atoms with Gasteiger partial charge in [-0.3, -0.25) is 5.10 Å². The Morgan fingerprint density at radius 1 is 1.75 bits per heavy atom. The summed E-state index contributed by atoms with van der Waals surface area (Å²) in [5, 5.41) is 6.74. The molecule has 0 atom stereocenters. The van der Waals surface area contributed by atoms with E-state index in [0.717, 1.165) is 6.42 Å². The Labute approximate surface area is 48.9 Å². The summed E-state index contributed by atoms with van der Waals surface area (Å²) >= 11 is 0. The van der Waals surface area contributed by atoms with Crippen molar-refractivity contribution >= 4 is 0 Å². The molecule has 1 rings (SSSR count). The third-order valence-electron chi connectivity index (χ3n) is 1.32. The van der Waals surface area contributed by atoms with Gasteiger partial charge in [0.25, 0.3) is 0 Å². The van der Waals surface area contributed by atoms with Crippen molar-refractivity contribution in [1.29, 1.82) is 0 Å². The fraction of sp³-hybridized carbons (Fsp3) is 0.500. The predicted molar refractivity (Wildman–Crippen MR) is 32.7 cm³/mol. The maximum atomic E-state index is 3.87. The Morgan fingerprint density at radius 2 is 2.50 bits per heavy atom. The van der Waals surface area contributed by atoms with Crippen LogP contribution in [0.2, 0.25) is 0 Å². The summed E-state index contributed by atoms with van der Waals surface area (Å²) in [6, 6.07) is 0. The zero-order valence-corrected chi connectivity index (χ0v) is 5.23. The molecule has 0 unspecified atom stereocenters. The van der Waals surface area contributed by atoms with Gasteiger partial charge in [0.15, 0.2) is 0 Å². The van der Waals surface area contributed by atoms with Crippen molar-refractivity contribution in [2.45, 2.75) is 20.3 Å². The van der Waals surface area contributed by atoms with Crippen LogP contribution in [0.25, 0.3) is 0 Å². The molecule has 0 aliphatic carbocycles. The average Bonchev–Trinajstić information content (AvgIpc) is 2.14. The number of nitrogens with zero attached hydrogens (tertiary/aromatic N) is 1. The molecule has 0 aliphatic rings. The van der Waals surface area contributed by atoms with E-state index in [-0.39, 0.29) is 0 Å². The van der Waals surface area contributed by atoms with Crippen LogP contribution in [-0.4, -0.2) is 10.2 Å². The molecule has 0 fully saturated rings. The summed E-state index contributed by atoms with van der Waals surface area (Å²) < 4.78 is 0. The van der Waals surface area contributed by atoms with Gasteiger partial charge < -0.3 is 0 Å². The highest BCUT2D eigenvalue weighted by Crippen LogP contribution is 2.01. The van der Waals surface area contributed by atoms with E-state index < -0.39 is 0 Å². The first-order valence-corrected chi connectivity index (χ1v) is 2.83. The van der Waals surface area contributed by atoms with Gasteiger partial charge in [-0.25, -0.2) is 0 Å². The number of hydrogen-bond donors (Lipinski definition) is 1. The molecular weight excluding hydrogens is 100 g/mol. The fourth-order valence-electron chi connectivity index (χ4n) is 0.732. The summed E-state index contributed by atoms with van der Waals surface area (Å²) in [5.41, 5.74) is 2.50. The molecule has 1 aromatic rings. The van der Waals surface area contributed by atoms with Gasteiger partial charge >= 0.3 is 0 Å². The van der Waals surface area contributed by atoms with Crippen molar-refractivity contribution in [3.8, 4) is 0 Å². The zero-order chi connectivity index (χ0) is 5.98.